The number of fused-ring (bicyclic) bond motifs is 1. The number of piperazine rings is 1. The zero-order chi connectivity index (χ0) is 17.4. The van der Waals surface area contributed by atoms with Crippen LogP contribution in [0.15, 0.2) is 29.1 Å². The number of hydrogen-bond donors (Lipinski definition) is 1. The highest BCUT2D eigenvalue weighted by molar-refractivity contribution is 5.97. The van der Waals surface area contributed by atoms with Crippen LogP contribution in [-0.4, -0.2) is 52.0 Å². The Labute approximate surface area is 143 Å². The van der Waals surface area contributed by atoms with E-state index in [-0.39, 0.29) is 0 Å². The lowest BCUT2D eigenvalue weighted by Gasteiger charge is -2.36. The number of carbonyl (C=O) groups is 1. The van der Waals surface area contributed by atoms with Gasteiger partial charge in [0.05, 0.1) is 5.56 Å². The molecule has 0 spiro atoms. The van der Waals surface area contributed by atoms with E-state index in [9.17, 15) is 4.79 Å². The van der Waals surface area contributed by atoms with Crippen LogP contribution in [0.3, 0.4) is 0 Å². The van der Waals surface area contributed by atoms with Crippen LogP contribution >= 0.6 is 0 Å². The van der Waals surface area contributed by atoms with Gasteiger partial charge in [-0.3, -0.25) is 4.79 Å². The van der Waals surface area contributed by atoms with E-state index in [1.807, 2.05) is 0 Å². The lowest BCUT2D eigenvalue weighted by Crippen LogP contribution is -2.47. The van der Waals surface area contributed by atoms with Crippen molar-refractivity contribution >= 4 is 28.8 Å². The second-order valence-corrected chi connectivity index (χ2v) is 5.80. The van der Waals surface area contributed by atoms with Gasteiger partial charge >= 0.3 is 0 Å². The molecular weight excluding hydrogens is 322 g/mol. The number of amides is 1. The molecule has 3 aromatic rings. The molecule has 0 unspecified atom stereocenters. The van der Waals surface area contributed by atoms with Crippen molar-refractivity contribution in [2.24, 2.45) is 5.73 Å². The predicted molar refractivity (Wildman–Crippen MR) is 91.5 cm³/mol. The second-order valence-electron chi connectivity index (χ2n) is 5.80. The summed E-state index contributed by atoms with van der Waals surface area (Å²) in [5.41, 5.74) is 7.05. The second kappa shape index (κ2) is 6.00. The fourth-order valence-electron chi connectivity index (χ4n) is 3.05. The lowest BCUT2D eigenvalue weighted by atomic mass is 10.2. The summed E-state index contributed by atoms with van der Waals surface area (Å²) >= 11 is 0. The first kappa shape index (κ1) is 15.3. The number of carbonyl (C=O) groups excluding carboxylic acids is 1. The molecule has 1 fully saturated rings. The average Bonchev–Trinajstić information content (AvgIpc) is 3.02. The summed E-state index contributed by atoms with van der Waals surface area (Å²) in [6, 6.07) is 3.41. The minimum Gasteiger partial charge on any atom is -0.422 e. The SMILES string of the molecule is Cc1nc2c(N3CCN(c4ncccc4C(N)=O)CC3)ncnc2o1. The van der Waals surface area contributed by atoms with Gasteiger partial charge in [-0.15, -0.1) is 0 Å². The Morgan fingerprint density at radius 1 is 1.12 bits per heavy atom. The molecule has 0 atom stereocenters. The van der Waals surface area contributed by atoms with Gasteiger partial charge in [0.25, 0.3) is 11.6 Å². The Kier molecular flexibility index (Phi) is 3.68. The number of primary amides is 1. The number of hydrogen-bond acceptors (Lipinski definition) is 8. The third-order valence-electron chi connectivity index (χ3n) is 4.21. The van der Waals surface area contributed by atoms with Crippen LogP contribution in [0.25, 0.3) is 11.2 Å². The highest BCUT2D eigenvalue weighted by Gasteiger charge is 2.24. The Hall–Kier alpha value is -3.23. The third-order valence-corrected chi connectivity index (χ3v) is 4.21. The number of anilines is 2. The minimum absolute atomic E-state index is 0.438. The molecule has 0 bridgehead atoms. The van der Waals surface area contributed by atoms with Crippen molar-refractivity contribution in [1.82, 2.24) is 19.9 Å². The molecule has 25 heavy (non-hydrogen) atoms. The van der Waals surface area contributed by atoms with E-state index < -0.39 is 5.91 Å². The molecule has 3 aromatic heterocycles. The van der Waals surface area contributed by atoms with Crippen molar-refractivity contribution in [3.05, 3.63) is 36.1 Å². The summed E-state index contributed by atoms with van der Waals surface area (Å²) in [5.74, 6) is 1.48. The van der Waals surface area contributed by atoms with Crippen molar-refractivity contribution < 1.29 is 9.21 Å². The van der Waals surface area contributed by atoms with Gasteiger partial charge in [0.2, 0.25) is 0 Å². The number of aryl methyl sites for hydroxylation is 1. The molecular formula is C16H17N7O2. The highest BCUT2D eigenvalue weighted by Crippen LogP contribution is 2.25. The normalized spacial score (nSPS) is 14.9. The standard InChI is InChI=1S/C16H17N7O2/c1-10-21-12-15(19-9-20-16(12)25-10)23-7-5-22(6-8-23)14-11(13(17)24)3-2-4-18-14/h2-4,9H,5-8H2,1H3,(H2,17,24). The summed E-state index contributed by atoms with van der Waals surface area (Å²) < 4.78 is 5.47. The van der Waals surface area contributed by atoms with Crippen LogP contribution in [0, 0.1) is 6.92 Å². The molecule has 1 saturated heterocycles. The number of nitrogens with zero attached hydrogens (tertiary/aromatic N) is 6. The topological polar surface area (TPSA) is 114 Å². The van der Waals surface area contributed by atoms with Crippen LogP contribution in [0.5, 0.6) is 0 Å². The summed E-state index contributed by atoms with van der Waals surface area (Å²) in [7, 11) is 0. The van der Waals surface area contributed by atoms with Crippen molar-refractivity contribution in [3.63, 3.8) is 0 Å². The minimum atomic E-state index is -0.471. The van der Waals surface area contributed by atoms with Gasteiger partial charge in [0.15, 0.2) is 17.2 Å². The van der Waals surface area contributed by atoms with Crippen LogP contribution in [0.2, 0.25) is 0 Å². The maximum absolute atomic E-state index is 11.6. The largest absolute Gasteiger partial charge is 0.422 e. The molecule has 2 N–H and O–H groups in total. The van der Waals surface area contributed by atoms with Crippen LogP contribution in [0.4, 0.5) is 11.6 Å². The van der Waals surface area contributed by atoms with Crippen molar-refractivity contribution in [3.8, 4) is 0 Å². The number of aromatic nitrogens is 4. The predicted octanol–water partition coefficient (Wildman–Crippen LogP) is 0.747. The van der Waals surface area contributed by atoms with Gasteiger partial charge in [-0.25, -0.2) is 15.0 Å². The van der Waals surface area contributed by atoms with Gasteiger partial charge in [-0.1, -0.05) is 0 Å². The van der Waals surface area contributed by atoms with Crippen molar-refractivity contribution in [2.45, 2.75) is 6.92 Å². The third kappa shape index (κ3) is 2.73. The van der Waals surface area contributed by atoms with Gasteiger partial charge in [0, 0.05) is 39.3 Å². The van der Waals surface area contributed by atoms with E-state index in [0.29, 0.717) is 54.7 Å². The molecule has 1 amide bonds. The zero-order valence-electron chi connectivity index (χ0n) is 13.7. The first-order valence-corrected chi connectivity index (χ1v) is 7.96. The Morgan fingerprint density at radius 3 is 2.56 bits per heavy atom. The van der Waals surface area contributed by atoms with Crippen LogP contribution < -0.4 is 15.5 Å². The molecule has 128 valence electrons. The van der Waals surface area contributed by atoms with E-state index in [0.717, 1.165) is 5.82 Å². The lowest BCUT2D eigenvalue weighted by molar-refractivity contribution is 0.100. The van der Waals surface area contributed by atoms with Crippen molar-refractivity contribution in [1.29, 1.82) is 0 Å². The van der Waals surface area contributed by atoms with E-state index in [1.54, 1.807) is 25.3 Å². The molecule has 0 aromatic carbocycles. The quantitative estimate of drug-likeness (QED) is 0.743. The molecule has 0 aliphatic carbocycles. The van der Waals surface area contributed by atoms with Gasteiger partial charge in [-0.05, 0) is 12.1 Å². The maximum atomic E-state index is 11.6. The van der Waals surface area contributed by atoms with Gasteiger partial charge < -0.3 is 20.0 Å². The first-order chi connectivity index (χ1) is 12.1. The number of nitrogens with two attached hydrogens (primary N) is 1. The first-order valence-electron chi connectivity index (χ1n) is 7.96. The Bertz CT molecular complexity index is 931. The van der Waals surface area contributed by atoms with Crippen LogP contribution in [-0.2, 0) is 0 Å². The monoisotopic (exact) mass is 339 g/mol. The molecule has 9 nitrogen and oxygen atoms in total. The fourth-order valence-corrected chi connectivity index (χ4v) is 3.05. The summed E-state index contributed by atoms with van der Waals surface area (Å²) in [6.45, 7) is 4.61. The molecule has 1 aliphatic rings. The average molecular weight is 339 g/mol. The molecule has 0 radical (unpaired) electrons. The van der Waals surface area contributed by atoms with Gasteiger partial charge in [0.1, 0.15) is 12.1 Å². The molecule has 4 heterocycles. The summed E-state index contributed by atoms with van der Waals surface area (Å²) in [6.07, 6.45) is 3.15. The van der Waals surface area contributed by atoms with E-state index in [2.05, 4.69) is 29.7 Å². The van der Waals surface area contributed by atoms with E-state index in [4.69, 9.17) is 10.2 Å². The van der Waals surface area contributed by atoms with E-state index in [1.165, 1.54) is 6.33 Å². The Morgan fingerprint density at radius 2 is 1.84 bits per heavy atom. The number of pyridine rings is 1. The molecule has 9 heteroatoms. The molecule has 0 saturated carbocycles. The van der Waals surface area contributed by atoms with Crippen molar-refractivity contribution in [2.75, 3.05) is 36.0 Å². The Balaban J connectivity index is 1.57. The van der Waals surface area contributed by atoms with E-state index >= 15 is 0 Å². The zero-order valence-corrected chi connectivity index (χ0v) is 13.7. The number of oxazole rings is 1. The highest BCUT2D eigenvalue weighted by atomic mass is 16.4. The molecule has 1 aliphatic heterocycles. The smallest absolute Gasteiger partial charge is 0.252 e. The summed E-state index contributed by atoms with van der Waals surface area (Å²) in [4.78, 5) is 33.0. The maximum Gasteiger partial charge on any atom is 0.252 e. The summed E-state index contributed by atoms with van der Waals surface area (Å²) in [5, 5.41) is 0. The number of rotatable bonds is 3. The van der Waals surface area contributed by atoms with Gasteiger partial charge in [-0.2, -0.15) is 4.98 Å². The fraction of sp³-hybridized carbons (Fsp3) is 0.312. The van der Waals surface area contributed by atoms with Crippen LogP contribution in [0.1, 0.15) is 16.2 Å². The molecule has 4 rings (SSSR count).